The molecule has 0 aliphatic rings. The van der Waals surface area contributed by atoms with E-state index in [9.17, 15) is 0 Å². The predicted octanol–water partition coefficient (Wildman–Crippen LogP) is 3.69. The van der Waals surface area contributed by atoms with E-state index in [4.69, 9.17) is 1.37 Å². The summed E-state index contributed by atoms with van der Waals surface area (Å²) in [5.74, 6) is 0. The highest BCUT2D eigenvalue weighted by Gasteiger charge is 1.99. The van der Waals surface area contributed by atoms with Crippen molar-refractivity contribution in [3.05, 3.63) is 72.4 Å². The quantitative estimate of drug-likeness (QED) is 0.605. The molecule has 0 saturated heterocycles. The molecule has 0 bridgehead atoms. The highest BCUT2D eigenvalue weighted by Crippen LogP contribution is 2.16. The molecular formula is C15H13N. The summed E-state index contributed by atoms with van der Waals surface area (Å²) in [6.07, 6.45) is 2.08. The Hall–Kier alpha value is -2.02. The molecule has 3 rings (SSSR count). The maximum atomic E-state index is 7.60. The Morgan fingerprint density at radius 3 is 2.69 bits per heavy atom. The van der Waals surface area contributed by atoms with E-state index in [1.54, 1.807) is 0 Å². The second-order valence-corrected chi connectivity index (χ2v) is 3.91. The topological polar surface area (TPSA) is 4.93 Å². The Bertz CT molecular complexity index is 640. The Morgan fingerprint density at radius 1 is 0.938 bits per heavy atom. The van der Waals surface area contributed by atoms with E-state index in [2.05, 4.69) is 41.1 Å². The minimum absolute atomic E-state index is 0.565. The summed E-state index contributed by atoms with van der Waals surface area (Å²) in [6, 6.07) is 18.8. The van der Waals surface area contributed by atoms with Gasteiger partial charge in [0.1, 0.15) is 0 Å². The third kappa shape index (κ3) is 1.61. The van der Waals surface area contributed by atoms with E-state index < -0.39 is 0 Å². The van der Waals surface area contributed by atoms with Gasteiger partial charge in [0.15, 0.2) is 0 Å². The van der Waals surface area contributed by atoms with Gasteiger partial charge in [0, 0.05) is 18.3 Å². The molecule has 0 fully saturated rings. The molecule has 2 aromatic carbocycles. The zero-order chi connectivity index (χ0) is 11.7. The van der Waals surface area contributed by atoms with Crippen LogP contribution in [0.1, 0.15) is 6.93 Å². The van der Waals surface area contributed by atoms with Crippen LogP contribution in [0.3, 0.4) is 0 Å². The summed E-state index contributed by atoms with van der Waals surface area (Å²) in [5.41, 5.74) is 2.48. The Balaban J connectivity index is 2.01. The number of para-hydroxylation sites is 1. The molecule has 3 aromatic rings. The second kappa shape index (κ2) is 3.86. The maximum absolute atomic E-state index is 7.60. The fourth-order valence-corrected chi connectivity index (χ4v) is 2.00. The first-order chi connectivity index (χ1) is 8.33. The summed E-state index contributed by atoms with van der Waals surface area (Å²) >= 11 is 0. The molecule has 0 radical (unpaired) electrons. The summed E-state index contributed by atoms with van der Waals surface area (Å²) in [5, 5.41) is 1.13. The number of fused-ring (bicyclic) bond motifs is 1. The molecule has 0 N–H and O–H groups in total. The van der Waals surface area contributed by atoms with Crippen molar-refractivity contribution < 1.29 is 1.37 Å². The van der Waals surface area contributed by atoms with Crippen LogP contribution in [-0.4, -0.2) is 4.57 Å². The summed E-state index contributed by atoms with van der Waals surface area (Å²) in [6.45, 7) is 0.877. The standard InChI is InChI=1S/C15H13N/c1-2-6-13(7-3-1)12-16-11-10-14-8-4-5-9-15(14)16/h1-11H,12H2/i4D. The first-order valence-corrected chi connectivity index (χ1v) is 5.42. The van der Waals surface area contributed by atoms with Gasteiger partial charge < -0.3 is 4.57 Å². The third-order valence-corrected chi connectivity index (χ3v) is 2.81. The van der Waals surface area contributed by atoms with Crippen LogP contribution in [0, 0.1) is 0 Å². The zero-order valence-electron chi connectivity index (χ0n) is 9.93. The minimum Gasteiger partial charge on any atom is -0.343 e. The molecule has 0 aliphatic heterocycles. The van der Waals surface area contributed by atoms with Gasteiger partial charge in [-0.1, -0.05) is 48.5 Å². The Morgan fingerprint density at radius 2 is 1.81 bits per heavy atom. The number of hydrogen-bond donors (Lipinski definition) is 0. The average molecular weight is 208 g/mol. The first kappa shape index (κ1) is 8.17. The van der Waals surface area contributed by atoms with Crippen molar-refractivity contribution in [3.8, 4) is 0 Å². The molecule has 1 heteroatoms. The fourth-order valence-electron chi connectivity index (χ4n) is 2.00. The zero-order valence-corrected chi connectivity index (χ0v) is 8.93. The molecule has 0 unspecified atom stereocenters. The normalized spacial score (nSPS) is 11.6. The molecule has 16 heavy (non-hydrogen) atoms. The summed E-state index contributed by atoms with van der Waals surface area (Å²) in [7, 11) is 0. The van der Waals surface area contributed by atoms with Crippen LogP contribution in [0.15, 0.2) is 66.8 Å². The molecule has 0 spiro atoms. The van der Waals surface area contributed by atoms with Crippen molar-refractivity contribution in [1.82, 2.24) is 4.57 Å². The maximum Gasteiger partial charge on any atom is 0.0623 e. The summed E-state index contributed by atoms with van der Waals surface area (Å²) in [4.78, 5) is 0. The molecular weight excluding hydrogens is 194 g/mol. The molecule has 0 amide bonds. The average Bonchev–Trinajstić information content (AvgIpc) is 2.73. The first-order valence-electron chi connectivity index (χ1n) is 5.92. The van der Waals surface area contributed by atoms with E-state index in [1.807, 2.05) is 24.3 Å². The van der Waals surface area contributed by atoms with E-state index in [0.29, 0.717) is 6.04 Å². The van der Waals surface area contributed by atoms with Gasteiger partial charge in [-0.25, -0.2) is 0 Å². The van der Waals surface area contributed by atoms with Crippen LogP contribution in [0.25, 0.3) is 10.9 Å². The van der Waals surface area contributed by atoms with Crippen LogP contribution in [-0.2, 0) is 6.54 Å². The second-order valence-electron chi connectivity index (χ2n) is 3.91. The van der Waals surface area contributed by atoms with E-state index in [1.165, 1.54) is 11.1 Å². The molecule has 1 nitrogen and oxygen atoms in total. The molecule has 1 aromatic heterocycles. The molecule has 78 valence electrons. The molecule has 1 heterocycles. The lowest BCUT2D eigenvalue weighted by molar-refractivity contribution is 0.837. The lowest BCUT2D eigenvalue weighted by Gasteiger charge is -2.05. The van der Waals surface area contributed by atoms with Crippen molar-refractivity contribution in [2.75, 3.05) is 0 Å². The van der Waals surface area contributed by atoms with E-state index in [-0.39, 0.29) is 0 Å². The lowest BCUT2D eigenvalue weighted by atomic mass is 10.2. The Kier molecular flexibility index (Phi) is 1.97. The number of hydrogen-bond acceptors (Lipinski definition) is 0. The van der Waals surface area contributed by atoms with Crippen molar-refractivity contribution in [2.24, 2.45) is 0 Å². The van der Waals surface area contributed by atoms with Gasteiger partial charge >= 0.3 is 0 Å². The third-order valence-electron chi connectivity index (χ3n) is 2.81. The van der Waals surface area contributed by atoms with E-state index in [0.717, 1.165) is 11.9 Å². The van der Waals surface area contributed by atoms with Crippen LogP contribution in [0.4, 0.5) is 0 Å². The predicted molar refractivity (Wildman–Crippen MR) is 67.5 cm³/mol. The molecule has 0 aliphatic carbocycles. The Labute approximate surface area is 96.4 Å². The highest BCUT2D eigenvalue weighted by molar-refractivity contribution is 5.79. The van der Waals surface area contributed by atoms with Crippen molar-refractivity contribution in [3.63, 3.8) is 0 Å². The van der Waals surface area contributed by atoms with E-state index >= 15 is 0 Å². The van der Waals surface area contributed by atoms with Gasteiger partial charge in [-0.15, -0.1) is 0 Å². The van der Waals surface area contributed by atoms with Gasteiger partial charge in [0.2, 0.25) is 0 Å². The summed E-state index contributed by atoms with van der Waals surface area (Å²) < 4.78 is 9.81. The van der Waals surface area contributed by atoms with Gasteiger partial charge in [0.05, 0.1) is 1.37 Å². The van der Waals surface area contributed by atoms with Gasteiger partial charge in [-0.2, -0.15) is 0 Å². The van der Waals surface area contributed by atoms with Gasteiger partial charge in [-0.05, 0) is 23.1 Å². The van der Waals surface area contributed by atoms with Gasteiger partial charge in [0.25, 0.3) is 0 Å². The van der Waals surface area contributed by atoms with Crippen LogP contribution in [0.5, 0.6) is 0 Å². The molecule has 0 atom stereocenters. The van der Waals surface area contributed by atoms with Crippen LogP contribution < -0.4 is 0 Å². The minimum atomic E-state index is 0.565. The van der Waals surface area contributed by atoms with Crippen molar-refractivity contribution in [1.29, 1.82) is 0 Å². The lowest BCUT2D eigenvalue weighted by Crippen LogP contribution is -1.96. The largest absolute Gasteiger partial charge is 0.343 e. The molecule has 0 saturated carbocycles. The number of nitrogens with zero attached hydrogens (tertiary/aromatic N) is 1. The number of aromatic nitrogens is 1. The van der Waals surface area contributed by atoms with Crippen LogP contribution >= 0.6 is 0 Å². The van der Waals surface area contributed by atoms with Crippen LogP contribution in [0.2, 0.25) is 0 Å². The van der Waals surface area contributed by atoms with Crippen molar-refractivity contribution >= 4 is 10.9 Å². The van der Waals surface area contributed by atoms with Crippen molar-refractivity contribution in [2.45, 2.75) is 6.54 Å². The monoisotopic (exact) mass is 208 g/mol. The highest BCUT2D eigenvalue weighted by atomic mass is 14.9. The fraction of sp³-hybridized carbons (Fsp3) is 0.0667. The SMILES string of the molecule is [2H]c1ccc2c(ccn2Cc2ccccc2)c1. The number of rotatable bonds is 2. The smallest absolute Gasteiger partial charge is 0.0623 e. The number of benzene rings is 2. The van der Waals surface area contributed by atoms with Gasteiger partial charge in [-0.3, -0.25) is 0 Å².